The zero-order valence-corrected chi connectivity index (χ0v) is 14.7. The molecule has 1 amide bonds. The van der Waals surface area contributed by atoms with Crippen LogP contribution in [0.25, 0.3) is 0 Å². The highest BCUT2D eigenvalue weighted by molar-refractivity contribution is 5.91. The van der Waals surface area contributed by atoms with E-state index in [4.69, 9.17) is 4.42 Å². The largest absolute Gasteiger partial charge is 0.459 e. The van der Waals surface area contributed by atoms with Crippen molar-refractivity contribution in [1.82, 2.24) is 9.80 Å². The Morgan fingerprint density at radius 3 is 2.79 bits per heavy atom. The maximum absolute atomic E-state index is 12.6. The molecule has 2 aliphatic heterocycles. The molecule has 3 aliphatic rings. The first-order valence-electron chi connectivity index (χ1n) is 9.79. The third-order valence-corrected chi connectivity index (χ3v) is 6.44. The first kappa shape index (κ1) is 16.2. The summed E-state index contributed by atoms with van der Waals surface area (Å²) in [4.78, 5) is 17.3. The highest BCUT2D eigenvalue weighted by Gasteiger charge is 2.43. The molecule has 4 nitrogen and oxygen atoms in total. The lowest BCUT2D eigenvalue weighted by molar-refractivity contribution is 0.0612. The number of amides is 1. The SMILES string of the molecule is O=C(c1ccco1)N1CC[C@@]2(CCCN(CC3CCCCC3)C2)C1. The van der Waals surface area contributed by atoms with Gasteiger partial charge in [-0.05, 0) is 56.7 Å². The molecule has 1 aromatic rings. The summed E-state index contributed by atoms with van der Waals surface area (Å²) in [6.45, 7) is 5.52. The van der Waals surface area contributed by atoms with Gasteiger partial charge in [0.2, 0.25) is 0 Å². The summed E-state index contributed by atoms with van der Waals surface area (Å²) in [6, 6.07) is 3.58. The molecule has 4 heteroatoms. The lowest BCUT2D eigenvalue weighted by Crippen LogP contribution is -2.47. The van der Waals surface area contributed by atoms with Crippen LogP contribution in [-0.2, 0) is 0 Å². The smallest absolute Gasteiger partial charge is 0.289 e. The van der Waals surface area contributed by atoms with Crippen molar-refractivity contribution in [3.63, 3.8) is 0 Å². The van der Waals surface area contributed by atoms with Crippen LogP contribution < -0.4 is 0 Å². The predicted molar refractivity (Wildman–Crippen MR) is 93.9 cm³/mol. The summed E-state index contributed by atoms with van der Waals surface area (Å²) in [6.07, 6.45) is 12.4. The van der Waals surface area contributed by atoms with E-state index in [9.17, 15) is 4.79 Å². The zero-order valence-electron chi connectivity index (χ0n) is 14.7. The van der Waals surface area contributed by atoms with E-state index < -0.39 is 0 Å². The minimum Gasteiger partial charge on any atom is -0.459 e. The van der Waals surface area contributed by atoms with E-state index >= 15 is 0 Å². The molecule has 0 N–H and O–H groups in total. The van der Waals surface area contributed by atoms with Gasteiger partial charge >= 0.3 is 0 Å². The Bertz CT molecular complexity index is 550. The maximum atomic E-state index is 12.6. The van der Waals surface area contributed by atoms with Gasteiger partial charge in [0.1, 0.15) is 0 Å². The predicted octanol–water partition coefficient (Wildman–Crippen LogP) is 3.79. The van der Waals surface area contributed by atoms with Crippen molar-refractivity contribution in [1.29, 1.82) is 0 Å². The summed E-state index contributed by atoms with van der Waals surface area (Å²) in [5.74, 6) is 1.47. The molecule has 0 bridgehead atoms. The molecule has 3 fully saturated rings. The molecule has 1 aromatic heterocycles. The van der Waals surface area contributed by atoms with Crippen molar-refractivity contribution in [2.24, 2.45) is 11.3 Å². The summed E-state index contributed by atoms with van der Waals surface area (Å²) >= 11 is 0. The van der Waals surface area contributed by atoms with Crippen molar-refractivity contribution in [2.75, 3.05) is 32.7 Å². The molecule has 4 rings (SSSR count). The number of rotatable bonds is 3. The van der Waals surface area contributed by atoms with Gasteiger partial charge < -0.3 is 14.2 Å². The van der Waals surface area contributed by atoms with Crippen LogP contribution in [0.15, 0.2) is 22.8 Å². The minimum atomic E-state index is 0.0706. The number of hydrogen-bond acceptors (Lipinski definition) is 3. The molecule has 132 valence electrons. The number of nitrogens with zero attached hydrogens (tertiary/aromatic N) is 2. The summed E-state index contributed by atoms with van der Waals surface area (Å²) in [5, 5.41) is 0. The first-order chi connectivity index (χ1) is 11.7. The molecule has 3 heterocycles. The van der Waals surface area contributed by atoms with Crippen molar-refractivity contribution >= 4 is 5.91 Å². The van der Waals surface area contributed by atoms with Crippen LogP contribution in [0.5, 0.6) is 0 Å². The molecule has 1 saturated carbocycles. The van der Waals surface area contributed by atoms with Crippen molar-refractivity contribution < 1.29 is 9.21 Å². The number of hydrogen-bond donors (Lipinski definition) is 0. The van der Waals surface area contributed by atoms with E-state index in [1.165, 1.54) is 64.6 Å². The zero-order chi connectivity index (χ0) is 16.4. The number of carbonyl (C=O) groups excluding carboxylic acids is 1. The fourth-order valence-electron chi connectivity index (χ4n) is 5.20. The van der Waals surface area contributed by atoms with Crippen LogP contribution in [0.4, 0.5) is 0 Å². The molecule has 0 radical (unpaired) electrons. The molecule has 1 atom stereocenters. The summed E-state index contributed by atoms with van der Waals surface area (Å²) < 4.78 is 5.30. The van der Waals surface area contributed by atoms with E-state index in [-0.39, 0.29) is 5.91 Å². The standard InChI is InChI=1S/C20H30N2O2/c23-19(18-8-4-13-24-18)22-12-10-20(16-22)9-5-11-21(15-20)14-17-6-2-1-3-7-17/h4,8,13,17H,1-3,5-7,9-12,14-16H2/t20-/m1/s1. The van der Waals surface area contributed by atoms with Gasteiger partial charge in [-0.25, -0.2) is 0 Å². The Labute approximate surface area is 145 Å². The van der Waals surface area contributed by atoms with E-state index in [1.54, 1.807) is 18.4 Å². The minimum absolute atomic E-state index is 0.0706. The Morgan fingerprint density at radius 1 is 1.12 bits per heavy atom. The topological polar surface area (TPSA) is 36.7 Å². The Kier molecular flexibility index (Phi) is 4.66. The van der Waals surface area contributed by atoms with Crippen molar-refractivity contribution in [3.8, 4) is 0 Å². The lowest BCUT2D eigenvalue weighted by Gasteiger charge is -2.42. The van der Waals surface area contributed by atoms with Gasteiger partial charge in [-0.2, -0.15) is 0 Å². The molecule has 2 saturated heterocycles. The highest BCUT2D eigenvalue weighted by Crippen LogP contribution is 2.40. The first-order valence-corrected chi connectivity index (χ1v) is 9.79. The Balaban J connectivity index is 1.36. The Hall–Kier alpha value is -1.29. The number of furan rings is 1. The molecule has 0 unspecified atom stereocenters. The normalized spacial score (nSPS) is 29.4. The second-order valence-electron chi connectivity index (χ2n) is 8.30. The number of piperidine rings is 1. The molecule has 1 aliphatic carbocycles. The molecule has 0 aromatic carbocycles. The van der Waals surface area contributed by atoms with E-state index in [1.807, 2.05) is 4.90 Å². The van der Waals surface area contributed by atoms with Gasteiger partial charge in [0.15, 0.2) is 5.76 Å². The van der Waals surface area contributed by atoms with Crippen molar-refractivity contribution in [2.45, 2.75) is 51.4 Å². The van der Waals surface area contributed by atoms with E-state index in [2.05, 4.69) is 4.90 Å². The molecule has 24 heavy (non-hydrogen) atoms. The van der Waals surface area contributed by atoms with Gasteiger partial charge in [-0.3, -0.25) is 4.79 Å². The second kappa shape index (κ2) is 6.91. The van der Waals surface area contributed by atoms with Crippen LogP contribution in [0.2, 0.25) is 0 Å². The van der Waals surface area contributed by atoms with Gasteiger partial charge in [0.25, 0.3) is 5.91 Å². The summed E-state index contributed by atoms with van der Waals surface area (Å²) in [5.41, 5.74) is 0.329. The number of likely N-dealkylation sites (tertiary alicyclic amines) is 2. The van der Waals surface area contributed by atoms with Crippen molar-refractivity contribution in [3.05, 3.63) is 24.2 Å². The Morgan fingerprint density at radius 2 is 2.00 bits per heavy atom. The highest BCUT2D eigenvalue weighted by atomic mass is 16.3. The quantitative estimate of drug-likeness (QED) is 0.846. The third-order valence-electron chi connectivity index (χ3n) is 6.44. The van der Waals surface area contributed by atoms with Crippen LogP contribution in [0, 0.1) is 11.3 Å². The van der Waals surface area contributed by atoms with Crippen LogP contribution >= 0.6 is 0 Å². The fourth-order valence-corrected chi connectivity index (χ4v) is 5.20. The average molecular weight is 330 g/mol. The van der Waals surface area contributed by atoms with E-state index in [0.29, 0.717) is 11.2 Å². The lowest BCUT2D eigenvalue weighted by atomic mass is 9.78. The second-order valence-corrected chi connectivity index (χ2v) is 8.30. The van der Waals surface area contributed by atoms with Gasteiger partial charge in [-0.15, -0.1) is 0 Å². The van der Waals surface area contributed by atoms with Gasteiger partial charge in [-0.1, -0.05) is 19.3 Å². The van der Waals surface area contributed by atoms with Crippen LogP contribution in [-0.4, -0.2) is 48.4 Å². The molecular weight excluding hydrogens is 300 g/mol. The fraction of sp³-hybridized carbons (Fsp3) is 0.750. The summed E-state index contributed by atoms with van der Waals surface area (Å²) in [7, 11) is 0. The van der Waals surface area contributed by atoms with Crippen LogP contribution in [0.3, 0.4) is 0 Å². The molecular formula is C20H30N2O2. The van der Waals surface area contributed by atoms with E-state index in [0.717, 1.165) is 25.4 Å². The average Bonchev–Trinajstić information content (AvgIpc) is 3.26. The monoisotopic (exact) mass is 330 g/mol. The van der Waals surface area contributed by atoms with Crippen LogP contribution in [0.1, 0.15) is 61.9 Å². The third kappa shape index (κ3) is 3.39. The van der Waals surface area contributed by atoms with Gasteiger partial charge in [0, 0.05) is 31.6 Å². The number of carbonyl (C=O) groups is 1. The maximum Gasteiger partial charge on any atom is 0.289 e. The van der Waals surface area contributed by atoms with Gasteiger partial charge in [0.05, 0.1) is 6.26 Å². The molecule has 1 spiro atoms.